The Hall–Kier alpha value is -5.47. The van der Waals surface area contributed by atoms with E-state index in [1.54, 1.807) is 12.4 Å². The van der Waals surface area contributed by atoms with Gasteiger partial charge in [-0.1, -0.05) is 42.5 Å². The van der Waals surface area contributed by atoms with Gasteiger partial charge in [-0.25, -0.2) is 14.8 Å². The molecule has 6 rings (SSSR count). The molecule has 38 heavy (non-hydrogen) atoms. The first kappa shape index (κ1) is 23.0. The fraction of sp³-hybridized carbons (Fsp3) is 0. The van der Waals surface area contributed by atoms with Gasteiger partial charge in [0.2, 0.25) is 0 Å². The predicted octanol–water partition coefficient (Wildman–Crippen LogP) is 8.15. The molecule has 0 radical (unpaired) electrons. The maximum absolute atomic E-state index is 7.33. The van der Waals surface area contributed by atoms with Crippen molar-refractivity contribution in [3.8, 4) is 56.2 Å². The van der Waals surface area contributed by atoms with Crippen LogP contribution in [0.3, 0.4) is 0 Å². The highest BCUT2D eigenvalue weighted by Gasteiger charge is 2.11. The number of nitrogens with zero attached hydrogens (tertiary/aromatic N) is 5. The molecule has 2 aromatic carbocycles. The van der Waals surface area contributed by atoms with E-state index in [1.165, 1.54) is 0 Å². The van der Waals surface area contributed by atoms with Gasteiger partial charge in [0.1, 0.15) is 0 Å². The van der Waals surface area contributed by atoms with Gasteiger partial charge >= 0.3 is 0 Å². The van der Waals surface area contributed by atoms with Crippen LogP contribution in [0.15, 0.2) is 128 Å². The first-order chi connectivity index (χ1) is 18.8. The monoisotopic (exact) mass is 487 g/mol. The lowest BCUT2D eigenvalue weighted by atomic mass is 10.0. The number of hydrogen-bond acceptors (Lipinski definition) is 4. The van der Waals surface area contributed by atoms with Crippen LogP contribution < -0.4 is 0 Å². The summed E-state index contributed by atoms with van der Waals surface area (Å²) in [4.78, 5) is 22.1. The van der Waals surface area contributed by atoms with Crippen LogP contribution in [0, 0.1) is 6.57 Å². The Balaban J connectivity index is 1.44. The van der Waals surface area contributed by atoms with E-state index < -0.39 is 0 Å². The van der Waals surface area contributed by atoms with Crippen LogP contribution in [0.4, 0.5) is 5.69 Å². The Morgan fingerprint density at radius 2 is 0.974 bits per heavy atom. The van der Waals surface area contributed by atoms with Gasteiger partial charge in [0.25, 0.3) is 0 Å². The summed E-state index contributed by atoms with van der Waals surface area (Å²) in [6.07, 6.45) is 7.15. The fourth-order valence-corrected chi connectivity index (χ4v) is 4.37. The second-order valence-electron chi connectivity index (χ2n) is 8.76. The second-order valence-corrected chi connectivity index (χ2v) is 8.76. The smallest absolute Gasteiger partial charge is 0.187 e. The molecule has 0 atom stereocenters. The molecule has 0 fully saturated rings. The topological polar surface area (TPSA) is 55.9 Å². The molecule has 0 saturated carbocycles. The first-order valence-corrected chi connectivity index (χ1v) is 12.2. The molecule has 5 nitrogen and oxygen atoms in total. The molecule has 5 heteroatoms. The summed E-state index contributed by atoms with van der Waals surface area (Å²) < 4.78 is 0. The molecule has 0 amide bonds. The molecular formula is C33H21N5. The summed E-state index contributed by atoms with van der Waals surface area (Å²) in [5, 5.41) is 0. The lowest BCUT2D eigenvalue weighted by Crippen LogP contribution is -1.94. The summed E-state index contributed by atoms with van der Waals surface area (Å²) in [6.45, 7) is 7.33. The molecule has 4 aromatic heterocycles. The molecule has 0 aliphatic carbocycles. The Bertz CT molecular complexity index is 1720. The lowest BCUT2D eigenvalue weighted by molar-refractivity contribution is 1.25. The molecule has 0 N–H and O–H groups in total. The van der Waals surface area contributed by atoms with Gasteiger partial charge in [0.15, 0.2) is 5.69 Å². The van der Waals surface area contributed by atoms with Gasteiger partial charge in [0.05, 0.1) is 29.3 Å². The average molecular weight is 488 g/mol. The first-order valence-electron chi connectivity index (χ1n) is 12.2. The van der Waals surface area contributed by atoms with Crippen LogP contribution in [0.1, 0.15) is 0 Å². The van der Waals surface area contributed by atoms with Gasteiger partial charge in [0, 0.05) is 47.0 Å². The highest BCUT2D eigenvalue weighted by molar-refractivity contribution is 5.77. The van der Waals surface area contributed by atoms with Crippen LogP contribution in [0.2, 0.25) is 0 Å². The average Bonchev–Trinajstić information content (AvgIpc) is 3.02. The van der Waals surface area contributed by atoms with E-state index in [2.05, 4.69) is 45.1 Å². The molecule has 6 aromatic rings. The third kappa shape index (κ3) is 4.79. The minimum Gasteiger partial charge on any atom is -0.264 e. The normalized spacial score (nSPS) is 10.6. The van der Waals surface area contributed by atoms with Crippen LogP contribution in [0.25, 0.3) is 61.0 Å². The van der Waals surface area contributed by atoms with Crippen molar-refractivity contribution in [2.24, 2.45) is 0 Å². The minimum atomic E-state index is 0.625. The summed E-state index contributed by atoms with van der Waals surface area (Å²) in [7, 11) is 0. The lowest BCUT2D eigenvalue weighted by Gasteiger charge is -2.11. The zero-order valence-corrected chi connectivity index (χ0v) is 20.4. The quantitative estimate of drug-likeness (QED) is 0.230. The Labute approximate surface area is 221 Å². The van der Waals surface area contributed by atoms with E-state index in [0.29, 0.717) is 5.69 Å². The highest BCUT2D eigenvalue weighted by atomic mass is 14.8. The van der Waals surface area contributed by atoms with E-state index in [1.807, 2.05) is 85.2 Å². The summed E-state index contributed by atoms with van der Waals surface area (Å²) in [5.41, 5.74) is 9.87. The summed E-state index contributed by atoms with van der Waals surface area (Å²) in [6, 6.07) is 33.9. The van der Waals surface area contributed by atoms with Gasteiger partial charge in [-0.3, -0.25) is 9.97 Å². The van der Waals surface area contributed by atoms with Crippen molar-refractivity contribution in [2.75, 3.05) is 0 Å². The molecular weight excluding hydrogens is 466 g/mol. The highest BCUT2D eigenvalue weighted by Crippen LogP contribution is 2.32. The summed E-state index contributed by atoms with van der Waals surface area (Å²) >= 11 is 0. The van der Waals surface area contributed by atoms with E-state index in [0.717, 1.165) is 56.2 Å². The zero-order chi connectivity index (χ0) is 25.7. The number of hydrogen-bond donors (Lipinski definition) is 0. The predicted molar refractivity (Wildman–Crippen MR) is 151 cm³/mol. The van der Waals surface area contributed by atoms with Crippen molar-refractivity contribution in [1.82, 2.24) is 19.9 Å². The molecule has 0 saturated heterocycles. The van der Waals surface area contributed by atoms with Crippen LogP contribution in [-0.4, -0.2) is 19.9 Å². The van der Waals surface area contributed by atoms with Crippen LogP contribution in [-0.2, 0) is 0 Å². The Kier molecular flexibility index (Phi) is 6.20. The third-order valence-electron chi connectivity index (χ3n) is 6.25. The van der Waals surface area contributed by atoms with Gasteiger partial charge in [-0.05, 0) is 71.8 Å². The fourth-order valence-electron chi connectivity index (χ4n) is 4.37. The molecule has 0 bridgehead atoms. The Morgan fingerprint density at radius 1 is 0.447 bits per heavy atom. The summed E-state index contributed by atoms with van der Waals surface area (Å²) in [5.74, 6) is 0. The van der Waals surface area contributed by atoms with Crippen molar-refractivity contribution in [3.63, 3.8) is 0 Å². The van der Waals surface area contributed by atoms with Crippen molar-refractivity contribution in [1.29, 1.82) is 0 Å². The number of benzene rings is 2. The number of rotatable bonds is 5. The second kappa shape index (κ2) is 10.3. The minimum absolute atomic E-state index is 0.625. The molecule has 0 aliphatic heterocycles. The zero-order valence-electron chi connectivity index (χ0n) is 20.4. The number of pyridine rings is 4. The van der Waals surface area contributed by atoms with Crippen molar-refractivity contribution >= 4 is 5.69 Å². The van der Waals surface area contributed by atoms with E-state index >= 15 is 0 Å². The SMILES string of the molecule is [C-]#[N+]c1cccc(-c2cccc(-c3cccc(-c4cc(-c5cccnc5)nc(-c5cccnc5)c4)n3)c2)c1. The maximum Gasteiger partial charge on any atom is 0.187 e. The Morgan fingerprint density at radius 3 is 1.61 bits per heavy atom. The van der Waals surface area contributed by atoms with E-state index in [4.69, 9.17) is 16.5 Å². The molecule has 0 unspecified atom stereocenters. The van der Waals surface area contributed by atoms with E-state index in [9.17, 15) is 0 Å². The standard InChI is InChI=1S/C33H21N5/c1-34-29-12-3-8-24(18-29)23-7-2-9-25(17-23)30-13-4-14-31(37-30)28-19-32(26-10-5-15-35-21-26)38-33(20-28)27-11-6-16-36-22-27/h2-22H. The van der Waals surface area contributed by atoms with Crippen molar-refractivity contribution < 1.29 is 0 Å². The third-order valence-corrected chi connectivity index (χ3v) is 6.25. The number of aromatic nitrogens is 4. The maximum atomic E-state index is 7.33. The van der Waals surface area contributed by atoms with Gasteiger partial charge < -0.3 is 0 Å². The van der Waals surface area contributed by atoms with Crippen LogP contribution in [0.5, 0.6) is 0 Å². The molecule has 0 aliphatic rings. The van der Waals surface area contributed by atoms with Crippen molar-refractivity contribution in [3.05, 3.63) is 139 Å². The molecule has 178 valence electrons. The van der Waals surface area contributed by atoms with E-state index in [-0.39, 0.29) is 0 Å². The van der Waals surface area contributed by atoms with Crippen molar-refractivity contribution in [2.45, 2.75) is 0 Å². The van der Waals surface area contributed by atoms with Crippen LogP contribution >= 0.6 is 0 Å². The van der Waals surface area contributed by atoms with Gasteiger partial charge in [-0.2, -0.15) is 0 Å². The molecule has 4 heterocycles. The molecule has 0 spiro atoms. The largest absolute Gasteiger partial charge is 0.264 e. The van der Waals surface area contributed by atoms with Gasteiger partial charge in [-0.15, -0.1) is 0 Å².